The first kappa shape index (κ1) is 22.0. The molecule has 0 aliphatic heterocycles. The second kappa shape index (κ2) is 9.94. The standard InChI is InChI=1S/C26H22N2O2S2/c1-17(2)31-21-15-13-20(14-16-21)25(30)28-26-27-22(18-9-5-3-6-10-18)24(32-26)23(29)19-11-7-4-8-12-19/h3-17H,1-2H3,(H,27,28,30). The van der Waals surface area contributed by atoms with Crippen molar-refractivity contribution >= 4 is 39.9 Å². The van der Waals surface area contributed by atoms with Crippen molar-refractivity contribution in [2.75, 3.05) is 5.32 Å². The molecular weight excluding hydrogens is 436 g/mol. The summed E-state index contributed by atoms with van der Waals surface area (Å²) in [5.74, 6) is -0.365. The summed E-state index contributed by atoms with van der Waals surface area (Å²) < 4.78 is 0. The molecule has 1 aromatic heterocycles. The van der Waals surface area contributed by atoms with Crippen LogP contribution in [0.5, 0.6) is 0 Å². The maximum absolute atomic E-state index is 13.2. The van der Waals surface area contributed by atoms with E-state index in [1.807, 2.05) is 72.8 Å². The molecule has 160 valence electrons. The number of thiazole rings is 1. The third kappa shape index (κ3) is 5.15. The number of amides is 1. The van der Waals surface area contributed by atoms with Crippen molar-refractivity contribution in [3.05, 3.63) is 101 Å². The predicted molar refractivity (Wildman–Crippen MR) is 133 cm³/mol. The number of carbonyl (C=O) groups excluding carboxylic acids is 2. The van der Waals surface area contributed by atoms with Gasteiger partial charge in [0.05, 0.1) is 5.69 Å². The van der Waals surface area contributed by atoms with Gasteiger partial charge in [0, 0.05) is 26.8 Å². The summed E-state index contributed by atoms with van der Waals surface area (Å²) in [6.45, 7) is 4.26. The van der Waals surface area contributed by atoms with E-state index in [0.717, 1.165) is 10.5 Å². The molecule has 0 bridgehead atoms. The molecule has 0 saturated heterocycles. The summed E-state index contributed by atoms with van der Waals surface area (Å²) in [4.78, 5) is 32.2. The fraction of sp³-hybridized carbons (Fsp3) is 0.115. The average Bonchev–Trinajstić information content (AvgIpc) is 3.23. The smallest absolute Gasteiger partial charge is 0.257 e. The number of nitrogens with one attached hydrogen (secondary N) is 1. The van der Waals surface area contributed by atoms with Crippen molar-refractivity contribution in [3.63, 3.8) is 0 Å². The number of benzene rings is 3. The molecule has 4 aromatic rings. The van der Waals surface area contributed by atoms with Gasteiger partial charge in [0.25, 0.3) is 5.91 Å². The minimum atomic E-state index is -0.252. The molecule has 1 heterocycles. The fourth-order valence-corrected chi connectivity index (χ4v) is 4.95. The minimum Gasteiger partial charge on any atom is -0.298 e. The summed E-state index contributed by atoms with van der Waals surface area (Å²) in [6, 6.07) is 26.2. The Labute approximate surface area is 195 Å². The highest BCUT2D eigenvalue weighted by Gasteiger charge is 2.22. The number of anilines is 1. The molecule has 32 heavy (non-hydrogen) atoms. The van der Waals surface area contributed by atoms with E-state index in [2.05, 4.69) is 24.1 Å². The van der Waals surface area contributed by atoms with Gasteiger partial charge in [-0.05, 0) is 24.3 Å². The van der Waals surface area contributed by atoms with Crippen LogP contribution < -0.4 is 5.32 Å². The third-order valence-corrected chi connectivity index (χ3v) is 6.61. The lowest BCUT2D eigenvalue weighted by Gasteiger charge is -2.06. The van der Waals surface area contributed by atoms with E-state index in [-0.39, 0.29) is 11.7 Å². The number of hydrogen-bond donors (Lipinski definition) is 1. The zero-order chi connectivity index (χ0) is 22.5. The zero-order valence-electron chi connectivity index (χ0n) is 17.7. The highest BCUT2D eigenvalue weighted by atomic mass is 32.2. The number of ketones is 1. The van der Waals surface area contributed by atoms with Gasteiger partial charge in [-0.15, -0.1) is 11.8 Å². The van der Waals surface area contributed by atoms with Gasteiger partial charge >= 0.3 is 0 Å². The fourth-order valence-electron chi connectivity index (χ4n) is 3.17. The molecule has 1 amide bonds. The van der Waals surface area contributed by atoms with Gasteiger partial charge in [0.15, 0.2) is 5.13 Å². The molecule has 0 radical (unpaired) electrons. The van der Waals surface area contributed by atoms with Crippen LogP contribution in [-0.4, -0.2) is 21.9 Å². The zero-order valence-corrected chi connectivity index (χ0v) is 19.4. The Balaban J connectivity index is 1.62. The van der Waals surface area contributed by atoms with Gasteiger partial charge < -0.3 is 0 Å². The quantitative estimate of drug-likeness (QED) is 0.245. The van der Waals surface area contributed by atoms with Crippen molar-refractivity contribution in [1.82, 2.24) is 4.98 Å². The molecule has 3 aromatic carbocycles. The molecule has 0 aliphatic carbocycles. The number of hydrogen-bond acceptors (Lipinski definition) is 5. The number of carbonyl (C=O) groups is 2. The van der Waals surface area contributed by atoms with Crippen LogP contribution in [0.25, 0.3) is 11.3 Å². The molecule has 0 unspecified atom stereocenters. The van der Waals surface area contributed by atoms with Gasteiger partial charge in [-0.1, -0.05) is 85.8 Å². The van der Waals surface area contributed by atoms with Crippen LogP contribution in [0.4, 0.5) is 5.13 Å². The first-order chi connectivity index (χ1) is 15.5. The molecular formula is C26H22N2O2S2. The summed E-state index contributed by atoms with van der Waals surface area (Å²) in [6.07, 6.45) is 0. The van der Waals surface area contributed by atoms with E-state index >= 15 is 0 Å². The Morgan fingerprint density at radius 1 is 0.844 bits per heavy atom. The SMILES string of the molecule is CC(C)Sc1ccc(C(=O)Nc2nc(-c3ccccc3)c(C(=O)c3ccccc3)s2)cc1. The second-order valence-corrected chi connectivity index (χ2v) is 10.1. The summed E-state index contributed by atoms with van der Waals surface area (Å²) in [7, 11) is 0. The highest BCUT2D eigenvalue weighted by Crippen LogP contribution is 2.33. The largest absolute Gasteiger partial charge is 0.298 e. The van der Waals surface area contributed by atoms with Gasteiger partial charge in [-0.3, -0.25) is 14.9 Å². The Morgan fingerprint density at radius 3 is 2.09 bits per heavy atom. The van der Waals surface area contributed by atoms with Crippen LogP contribution in [0, 0.1) is 0 Å². The molecule has 0 spiro atoms. The van der Waals surface area contributed by atoms with Crippen LogP contribution in [0.3, 0.4) is 0 Å². The lowest BCUT2D eigenvalue weighted by Crippen LogP contribution is -2.11. The van der Waals surface area contributed by atoms with E-state index in [9.17, 15) is 9.59 Å². The third-order valence-electron chi connectivity index (χ3n) is 4.63. The molecule has 0 saturated carbocycles. The summed E-state index contributed by atoms with van der Waals surface area (Å²) >= 11 is 2.94. The van der Waals surface area contributed by atoms with Gasteiger partial charge in [-0.25, -0.2) is 4.98 Å². The van der Waals surface area contributed by atoms with Crippen LogP contribution in [0.15, 0.2) is 89.8 Å². The van der Waals surface area contributed by atoms with Crippen LogP contribution >= 0.6 is 23.1 Å². The Kier molecular flexibility index (Phi) is 6.83. The van der Waals surface area contributed by atoms with E-state index in [1.165, 1.54) is 11.3 Å². The predicted octanol–water partition coefficient (Wildman–Crippen LogP) is 6.79. The summed E-state index contributed by atoms with van der Waals surface area (Å²) in [5.41, 5.74) is 2.54. The molecule has 0 aliphatic rings. The highest BCUT2D eigenvalue weighted by molar-refractivity contribution is 7.99. The second-order valence-electron chi connectivity index (χ2n) is 7.40. The molecule has 6 heteroatoms. The lowest BCUT2D eigenvalue weighted by molar-refractivity contribution is 0.102. The first-order valence-corrected chi connectivity index (χ1v) is 11.9. The topological polar surface area (TPSA) is 59.1 Å². The maximum Gasteiger partial charge on any atom is 0.257 e. The van der Waals surface area contributed by atoms with Gasteiger partial charge in [0.1, 0.15) is 4.88 Å². The summed E-state index contributed by atoms with van der Waals surface area (Å²) in [5, 5.41) is 3.74. The van der Waals surface area contributed by atoms with Crippen molar-refractivity contribution in [3.8, 4) is 11.3 Å². The monoisotopic (exact) mass is 458 g/mol. The van der Waals surface area contributed by atoms with Crippen LogP contribution in [0.2, 0.25) is 0 Å². The van der Waals surface area contributed by atoms with Crippen LogP contribution in [-0.2, 0) is 0 Å². The molecule has 1 N–H and O–H groups in total. The molecule has 4 nitrogen and oxygen atoms in total. The molecule has 0 atom stereocenters. The van der Waals surface area contributed by atoms with Crippen molar-refractivity contribution in [2.45, 2.75) is 24.0 Å². The van der Waals surface area contributed by atoms with E-state index < -0.39 is 0 Å². The molecule has 4 rings (SSSR count). The average molecular weight is 459 g/mol. The number of thioether (sulfide) groups is 1. The lowest BCUT2D eigenvalue weighted by atomic mass is 10.1. The van der Waals surface area contributed by atoms with Crippen molar-refractivity contribution in [1.29, 1.82) is 0 Å². The minimum absolute atomic E-state index is 0.113. The van der Waals surface area contributed by atoms with Gasteiger partial charge in [0.2, 0.25) is 5.78 Å². The Morgan fingerprint density at radius 2 is 1.47 bits per heavy atom. The van der Waals surface area contributed by atoms with Crippen molar-refractivity contribution in [2.24, 2.45) is 0 Å². The maximum atomic E-state index is 13.2. The number of nitrogens with zero attached hydrogens (tertiary/aromatic N) is 1. The Hall–Kier alpha value is -3.22. The molecule has 0 fully saturated rings. The van der Waals surface area contributed by atoms with Crippen molar-refractivity contribution < 1.29 is 9.59 Å². The van der Waals surface area contributed by atoms with E-state index in [4.69, 9.17) is 0 Å². The van der Waals surface area contributed by atoms with Gasteiger partial charge in [-0.2, -0.15) is 0 Å². The normalized spacial score (nSPS) is 10.8. The Bertz CT molecular complexity index is 1220. The van der Waals surface area contributed by atoms with E-state index in [0.29, 0.717) is 32.1 Å². The number of aromatic nitrogens is 1. The van der Waals surface area contributed by atoms with E-state index in [1.54, 1.807) is 23.9 Å². The van der Waals surface area contributed by atoms with Crippen LogP contribution in [0.1, 0.15) is 39.4 Å². The first-order valence-electron chi connectivity index (χ1n) is 10.3. The number of rotatable bonds is 7.